The lowest BCUT2D eigenvalue weighted by molar-refractivity contribution is 0.0988. The lowest BCUT2D eigenvalue weighted by Crippen LogP contribution is -2.28. The number of hydrogen-bond acceptors (Lipinski definition) is 4. The molecular formula is C19H15N3O2S. The maximum atomic E-state index is 12.8. The molecule has 1 N–H and O–H groups in total. The third-order valence-electron chi connectivity index (χ3n) is 4.15. The average molecular weight is 349 g/mol. The molecule has 5 nitrogen and oxygen atoms in total. The number of aryl methyl sites for hydroxylation is 1. The number of carbonyl (C=O) groups is 1. The van der Waals surface area contributed by atoms with Gasteiger partial charge in [-0.05, 0) is 42.6 Å². The molecular weight excluding hydrogens is 334 g/mol. The van der Waals surface area contributed by atoms with Crippen molar-refractivity contribution >= 4 is 43.9 Å². The van der Waals surface area contributed by atoms with Gasteiger partial charge in [-0.25, -0.2) is 4.98 Å². The molecule has 4 aromatic rings. The number of thiazole rings is 1. The molecule has 1 amide bonds. The highest BCUT2D eigenvalue weighted by atomic mass is 32.1. The number of rotatable bonds is 2. The largest absolute Gasteiger partial charge is 0.317 e. The van der Waals surface area contributed by atoms with E-state index >= 15 is 0 Å². The maximum Gasteiger partial charge on any atom is 0.274 e. The quantitative estimate of drug-likeness (QED) is 0.600. The number of nitrogens with one attached hydrogen (secondary N) is 1. The number of anilines is 1. The first-order chi connectivity index (χ1) is 12.0. The summed E-state index contributed by atoms with van der Waals surface area (Å²) >= 11 is 1.59. The maximum absolute atomic E-state index is 12.8. The fourth-order valence-electron chi connectivity index (χ4n) is 2.86. The Hall–Kier alpha value is -2.99. The molecule has 0 aliphatic heterocycles. The van der Waals surface area contributed by atoms with Gasteiger partial charge in [0.25, 0.3) is 11.5 Å². The molecule has 2 aromatic carbocycles. The molecule has 0 atom stereocenters. The fourth-order valence-corrected chi connectivity index (χ4v) is 3.72. The molecule has 0 saturated heterocycles. The second-order valence-electron chi connectivity index (χ2n) is 5.85. The molecule has 6 heteroatoms. The van der Waals surface area contributed by atoms with Crippen LogP contribution >= 0.6 is 11.3 Å². The van der Waals surface area contributed by atoms with Crippen molar-refractivity contribution in [3.8, 4) is 0 Å². The SMILES string of the molecule is Cc1nc2ccc(N(C)C(=O)c3cc4ccccc4c(=O)[nH]3)cc2s1. The predicted octanol–water partition coefficient (Wildman–Crippen LogP) is 3.72. The van der Waals surface area contributed by atoms with Gasteiger partial charge < -0.3 is 9.88 Å². The lowest BCUT2D eigenvalue weighted by Gasteiger charge is -2.17. The van der Waals surface area contributed by atoms with Gasteiger partial charge in [-0.1, -0.05) is 18.2 Å². The molecule has 0 fully saturated rings. The summed E-state index contributed by atoms with van der Waals surface area (Å²) in [5, 5.41) is 2.31. The van der Waals surface area contributed by atoms with Gasteiger partial charge >= 0.3 is 0 Å². The molecule has 0 bridgehead atoms. The Morgan fingerprint density at radius 2 is 1.96 bits per heavy atom. The van der Waals surface area contributed by atoms with E-state index in [2.05, 4.69) is 9.97 Å². The van der Waals surface area contributed by atoms with Crippen molar-refractivity contribution in [3.05, 3.63) is 69.6 Å². The molecule has 0 radical (unpaired) electrons. The Morgan fingerprint density at radius 1 is 1.16 bits per heavy atom. The van der Waals surface area contributed by atoms with E-state index in [1.807, 2.05) is 37.3 Å². The second-order valence-corrected chi connectivity index (χ2v) is 7.08. The molecule has 2 heterocycles. The van der Waals surface area contributed by atoms with Gasteiger partial charge in [0.2, 0.25) is 0 Å². The number of pyridine rings is 1. The molecule has 4 rings (SSSR count). The van der Waals surface area contributed by atoms with Crippen LogP contribution in [0.1, 0.15) is 15.5 Å². The van der Waals surface area contributed by atoms with Gasteiger partial charge in [0.1, 0.15) is 5.69 Å². The van der Waals surface area contributed by atoms with Crippen molar-refractivity contribution in [2.24, 2.45) is 0 Å². The highest BCUT2D eigenvalue weighted by Crippen LogP contribution is 2.27. The normalized spacial score (nSPS) is 11.1. The van der Waals surface area contributed by atoms with Crippen LogP contribution in [-0.2, 0) is 0 Å². The van der Waals surface area contributed by atoms with Crippen molar-refractivity contribution < 1.29 is 4.79 Å². The smallest absolute Gasteiger partial charge is 0.274 e. The molecule has 0 spiro atoms. The summed E-state index contributed by atoms with van der Waals surface area (Å²) in [7, 11) is 1.70. The van der Waals surface area contributed by atoms with Gasteiger partial charge in [0, 0.05) is 18.1 Å². The van der Waals surface area contributed by atoms with Crippen LogP contribution in [0.25, 0.3) is 21.0 Å². The zero-order valence-corrected chi connectivity index (χ0v) is 14.6. The summed E-state index contributed by atoms with van der Waals surface area (Å²) in [6, 6.07) is 14.6. The van der Waals surface area contributed by atoms with Crippen LogP contribution < -0.4 is 10.5 Å². The number of amides is 1. The van der Waals surface area contributed by atoms with Crippen LogP contribution in [0.2, 0.25) is 0 Å². The molecule has 0 saturated carbocycles. The van der Waals surface area contributed by atoms with E-state index in [0.717, 1.165) is 26.3 Å². The topological polar surface area (TPSA) is 66.1 Å². The van der Waals surface area contributed by atoms with Gasteiger partial charge in [0.05, 0.1) is 15.2 Å². The first-order valence-corrected chi connectivity index (χ1v) is 8.62. The summed E-state index contributed by atoms with van der Waals surface area (Å²) in [6.07, 6.45) is 0. The number of benzene rings is 2. The summed E-state index contributed by atoms with van der Waals surface area (Å²) in [4.78, 5) is 33.7. The van der Waals surface area contributed by atoms with E-state index in [4.69, 9.17) is 0 Å². The van der Waals surface area contributed by atoms with Crippen molar-refractivity contribution in [2.75, 3.05) is 11.9 Å². The molecule has 0 aliphatic rings. The monoisotopic (exact) mass is 349 g/mol. The first-order valence-electron chi connectivity index (χ1n) is 7.80. The summed E-state index contributed by atoms with van der Waals surface area (Å²) < 4.78 is 1.03. The Balaban J connectivity index is 1.75. The third-order valence-corrected chi connectivity index (χ3v) is 5.09. The summed E-state index contributed by atoms with van der Waals surface area (Å²) in [5.41, 5.74) is 1.69. The Labute approximate surface area is 147 Å². The predicted molar refractivity (Wildman–Crippen MR) is 102 cm³/mol. The highest BCUT2D eigenvalue weighted by molar-refractivity contribution is 7.18. The minimum Gasteiger partial charge on any atom is -0.317 e. The Kier molecular flexibility index (Phi) is 3.62. The third kappa shape index (κ3) is 2.70. The minimum absolute atomic E-state index is 0.261. The number of nitrogens with zero attached hydrogens (tertiary/aromatic N) is 2. The Morgan fingerprint density at radius 3 is 2.80 bits per heavy atom. The van der Waals surface area contributed by atoms with Gasteiger partial charge in [-0.15, -0.1) is 11.3 Å². The van der Waals surface area contributed by atoms with Crippen molar-refractivity contribution in [1.29, 1.82) is 0 Å². The average Bonchev–Trinajstić information content (AvgIpc) is 2.99. The van der Waals surface area contributed by atoms with Crippen molar-refractivity contribution in [1.82, 2.24) is 9.97 Å². The zero-order chi connectivity index (χ0) is 17.6. The number of aromatic amines is 1. The number of H-pyrrole nitrogens is 1. The van der Waals surface area contributed by atoms with Crippen LogP contribution in [0, 0.1) is 6.92 Å². The van der Waals surface area contributed by atoms with E-state index in [9.17, 15) is 9.59 Å². The van der Waals surface area contributed by atoms with Crippen molar-refractivity contribution in [2.45, 2.75) is 6.92 Å². The number of carbonyl (C=O) groups excluding carboxylic acids is 1. The van der Waals surface area contributed by atoms with Crippen LogP contribution in [0.15, 0.2) is 53.3 Å². The van der Waals surface area contributed by atoms with E-state index in [1.165, 1.54) is 4.90 Å². The highest BCUT2D eigenvalue weighted by Gasteiger charge is 2.16. The fraction of sp³-hybridized carbons (Fsp3) is 0.105. The molecule has 124 valence electrons. The van der Waals surface area contributed by atoms with E-state index in [-0.39, 0.29) is 17.2 Å². The Bertz CT molecular complexity index is 1180. The van der Waals surface area contributed by atoms with Gasteiger partial charge in [-0.3, -0.25) is 9.59 Å². The first kappa shape index (κ1) is 15.5. The second kappa shape index (κ2) is 5.82. The summed E-state index contributed by atoms with van der Waals surface area (Å²) in [6.45, 7) is 1.96. The standard InChI is InChI=1S/C19H15N3O2S/c1-11-20-15-8-7-13(10-17(15)25-11)22(2)19(24)16-9-12-5-3-4-6-14(12)18(23)21-16/h3-10H,1-2H3,(H,21,23). The van der Waals surface area contributed by atoms with E-state index in [1.54, 1.807) is 36.6 Å². The van der Waals surface area contributed by atoms with E-state index in [0.29, 0.717) is 5.39 Å². The van der Waals surface area contributed by atoms with Crippen LogP contribution in [0.4, 0.5) is 5.69 Å². The molecule has 0 unspecified atom stereocenters. The molecule has 0 aliphatic carbocycles. The van der Waals surface area contributed by atoms with Crippen LogP contribution in [-0.4, -0.2) is 22.9 Å². The van der Waals surface area contributed by atoms with Gasteiger partial charge in [-0.2, -0.15) is 0 Å². The van der Waals surface area contributed by atoms with Crippen molar-refractivity contribution in [3.63, 3.8) is 0 Å². The van der Waals surface area contributed by atoms with E-state index < -0.39 is 0 Å². The van der Waals surface area contributed by atoms with Crippen LogP contribution in [0.3, 0.4) is 0 Å². The van der Waals surface area contributed by atoms with Gasteiger partial charge in [0.15, 0.2) is 0 Å². The lowest BCUT2D eigenvalue weighted by atomic mass is 10.1. The summed E-state index contributed by atoms with van der Waals surface area (Å²) in [5.74, 6) is -0.261. The molecule has 2 aromatic heterocycles. The number of aromatic nitrogens is 2. The van der Waals surface area contributed by atoms with Crippen LogP contribution in [0.5, 0.6) is 0 Å². The molecule has 25 heavy (non-hydrogen) atoms. The minimum atomic E-state index is -0.261. The number of hydrogen-bond donors (Lipinski definition) is 1. The zero-order valence-electron chi connectivity index (χ0n) is 13.7. The number of fused-ring (bicyclic) bond motifs is 2.